The van der Waals surface area contributed by atoms with Crippen LogP contribution in [0.2, 0.25) is 0 Å². The Bertz CT molecular complexity index is 755. The highest BCUT2D eigenvalue weighted by molar-refractivity contribution is 6.00. The number of carbonyl (C=O) groups is 1. The zero-order valence-corrected chi connectivity index (χ0v) is 15.5. The van der Waals surface area contributed by atoms with Crippen LogP contribution in [0.15, 0.2) is 30.6 Å². The summed E-state index contributed by atoms with van der Waals surface area (Å²) in [6, 6.07) is 8.01. The van der Waals surface area contributed by atoms with Crippen LogP contribution in [0.4, 0.5) is 0 Å². The molecule has 1 amide bonds. The molecule has 1 atom stereocenters. The van der Waals surface area contributed by atoms with Gasteiger partial charge in [-0.3, -0.25) is 14.8 Å². The van der Waals surface area contributed by atoms with E-state index in [-0.39, 0.29) is 5.91 Å². The number of piperidine rings is 2. The highest BCUT2D eigenvalue weighted by Gasteiger charge is 2.31. The van der Waals surface area contributed by atoms with Crippen molar-refractivity contribution in [3.63, 3.8) is 0 Å². The number of aromatic nitrogens is 3. The van der Waals surface area contributed by atoms with Crippen LogP contribution in [0.5, 0.6) is 0 Å². The molecule has 2 aliphatic rings. The number of aliphatic hydroxyl groups excluding tert-OH is 1. The molecule has 27 heavy (non-hydrogen) atoms. The van der Waals surface area contributed by atoms with Gasteiger partial charge in [0, 0.05) is 31.3 Å². The molecule has 0 bridgehead atoms. The molecule has 4 rings (SSSR count). The highest BCUT2D eigenvalue weighted by Crippen LogP contribution is 2.26. The maximum Gasteiger partial charge on any atom is 0.254 e. The number of nitrogens with one attached hydrogen (secondary N) is 1. The van der Waals surface area contributed by atoms with Gasteiger partial charge in [-0.05, 0) is 50.8 Å². The normalized spacial score (nSPS) is 22.1. The van der Waals surface area contributed by atoms with E-state index in [1.807, 2.05) is 29.2 Å². The van der Waals surface area contributed by atoms with Gasteiger partial charge in [-0.1, -0.05) is 18.2 Å². The molecule has 144 valence electrons. The fourth-order valence-corrected chi connectivity index (χ4v) is 4.32. The number of aromatic amines is 1. The van der Waals surface area contributed by atoms with Crippen molar-refractivity contribution < 1.29 is 9.90 Å². The third-order valence-corrected chi connectivity index (χ3v) is 5.94. The Morgan fingerprint density at radius 1 is 1.19 bits per heavy atom. The number of hydrogen-bond acceptors (Lipinski definition) is 5. The first-order valence-corrected chi connectivity index (χ1v) is 9.85. The Kier molecular flexibility index (Phi) is 5.50. The zero-order valence-electron chi connectivity index (χ0n) is 15.5. The molecule has 0 spiro atoms. The molecule has 0 aliphatic carbocycles. The van der Waals surface area contributed by atoms with E-state index in [2.05, 4.69) is 20.1 Å². The molecule has 0 saturated carbocycles. The molecule has 2 aliphatic heterocycles. The molecular weight excluding hydrogens is 342 g/mol. The topological polar surface area (TPSA) is 85.4 Å². The van der Waals surface area contributed by atoms with E-state index in [9.17, 15) is 9.90 Å². The number of aliphatic hydroxyl groups is 1. The lowest BCUT2D eigenvalue weighted by atomic mass is 9.94. The number of likely N-dealkylation sites (tertiary alicyclic amines) is 2. The molecule has 2 saturated heterocycles. The van der Waals surface area contributed by atoms with Gasteiger partial charge in [0.15, 0.2) is 5.82 Å². The summed E-state index contributed by atoms with van der Waals surface area (Å²) in [6.45, 7) is 3.90. The first kappa shape index (κ1) is 18.1. The molecule has 1 aromatic heterocycles. The maximum atomic E-state index is 13.3. The van der Waals surface area contributed by atoms with Crippen LogP contribution in [-0.2, 0) is 0 Å². The Morgan fingerprint density at radius 3 is 2.74 bits per heavy atom. The van der Waals surface area contributed by atoms with Gasteiger partial charge in [-0.2, -0.15) is 5.10 Å². The van der Waals surface area contributed by atoms with E-state index in [0.29, 0.717) is 30.0 Å². The van der Waals surface area contributed by atoms with Crippen molar-refractivity contribution in [1.29, 1.82) is 0 Å². The Labute approximate surface area is 159 Å². The van der Waals surface area contributed by atoms with Crippen molar-refractivity contribution in [1.82, 2.24) is 25.0 Å². The predicted octanol–water partition coefficient (Wildman–Crippen LogP) is 1.78. The quantitative estimate of drug-likeness (QED) is 0.858. The number of amides is 1. The Hall–Kier alpha value is -2.25. The summed E-state index contributed by atoms with van der Waals surface area (Å²) in [7, 11) is 0. The summed E-state index contributed by atoms with van der Waals surface area (Å²) in [5, 5.41) is 16.1. The van der Waals surface area contributed by atoms with Crippen molar-refractivity contribution >= 4 is 5.91 Å². The summed E-state index contributed by atoms with van der Waals surface area (Å²) >= 11 is 0. The monoisotopic (exact) mass is 369 g/mol. The minimum absolute atomic E-state index is 0.0666. The molecule has 3 heterocycles. The Balaban J connectivity index is 1.47. The molecule has 0 unspecified atom stereocenters. The lowest BCUT2D eigenvalue weighted by Crippen LogP contribution is -2.52. The van der Waals surface area contributed by atoms with Crippen LogP contribution in [-0.4, -0.2) is 74.8 Å². The van der Waals surface area contributed by atoms with E-state index in [4.69, 9.17) is 0 Å². The summed E-state index contributed by atoms with van der Waals surface area (Å²) in [5.74, 6) is 1.13. The van der Waals surface area contributed by atoms with Gasteiger partial charge in [0.25, 0.3) is 5.91 Å². The van der Waals surface area contributed by atoms with Gasteiger partial charge < -0.3 is 10.0 Å². The fourth-order valence-electron chi connectivity index (χ4n) is 4.32. The first-order valence-electron chi connectivity index (χ1n) is 9.85. The van der Waals surface area contributed by atoms with Crippen LogP contribution in [0.25, 0.3) is 11.4 Å². The average Bonchev–Trinajstić information content (AvgIpc) is 3.28. The van der Waals surface area contributed by atoms with Crippen LogP contribution in [0.3, 0.4) is 0 Å². The molecule has 2 aromatic rings. The number of hydrogen-bond donors (Lipinski definition) is 2. The van der Waals surface area contributed by atoms with Gasteiger partial charge in [-0.25, -0.2) is 4.98 Å². The third-order valence-electron chi connectivity index (χ3n) is 5.94. The van der Waals surface area contributed by atoms with E-state index in [0.717, 1.165) is 57.4 Å². The molecule has 2 N–H and O–H groups in total. The lowest BCUT2D eigenvalue weighted by molar-refractivity contribution is 0.0446. The van der Waals surface area contributed by atoms with E-state index in [1.54, 1.807) is 0 Å². The summed E-state index contributed by atoms with van der Waals surface area (Å²) in [6.07, 6.45) is 5.73. The fraction of sp³-hybridized carbons (Fsp3) is 0.550. The molecule has 7 heteroatoms. The maximum absolute atomic E-state index is 13.3. The summed E-state index contributed by atoms with van der Waals surface area (Å²) < 4.78 is 0. The van der Waals surface area contributed by atoms with Gasteiger partial charge in [-0.15, -0.1) is 0 Å². The van der Waals surface area contributed by atoms with E-state index in [1.165, 1.54) is 6.33 Å². The average molecular weight is 369 g/mol. The second-order valence-electron chi connectivity index (χ2n) is 7.59. The zero-order chi connectivity index (χ0) is 18.6. The SMILES string of the molecule is O=C(c1ccccc1-c1ncn[nH]1)N1CCC[C@@H](N2CCC(CO)CC2)C1. The molecule has 1 aromatic carbocycles. The van der Waals surface area contributed by atoms with Crippen molar-refractivity contribution in [2.45, 2.75) is 31.7 Å². The molecular formula is C20H27N5O2. The van der Waals surface area contributed by atoms with Crippen LogP contribution < -0.4 is 0 Å². The minimum atomic E-state index is 0.0666. The van der Waals surface area contributed by atoms with Crippen molar-refractivity contribution in [3.8, 4) is 11.4 Å². The van der Waals surface area contributed by atoms with E-state index >= 15 is 0 Å². The number of rotatable bonds is 4. The molecule has 0 radical (unpaired) electrons. The largest absolute Gasteiger partial charge is 0.396 e. The van der Waals surface area contributed by atoms with Crippen LogP contribution in [0.1, 0.15) is 36.0 Å². The van der Waals surface area contributed by atoms with Crippen molar-refractivity contribution in [2.75, 3.05) is 32.8 Å². The second-order valence-corrected chi connectivity index (χ2v) is 7.59. The van der Waals surface area contributed by atoms with Crippen LogP contribution >= 0.6 is 0 Å². The smallest absolute Gasteiger partial charge is 0.254 e. The second kappa shape index (κ2) is 8.19. The number of nitrogens with zero attached hydrogens (tertiary/aromatic N) is 4. The van der Waals surface area contributed by atoms with Crippen molar-refractivity contribution in [3.05, 3.63) is 36.2 Å². The molecule has 2 fully saturated rings. The summed E-state index contributed by atoms with van der Waals surface area (Å²) in [5.41, 5.74) is 1.47. The van der Waals surface area contributed by atoms with Crippen molar-refractivity contribution in [2.24, 2.45) is 5.92 Å². The highest BCUT2D eigenvalue weighted by atomic mass is 16.3. The van der Waals surface area contributed by atoms with Gasteiger partial charge in [0.05, 0.1) is 5.56 Å². The van der Waals surface area contributed by atoms with Gasteiger partial charge in [0.1, 0.15) is 6.33 Å². The predicted molar refractivity (Wildman–Crippen MR) is 102 cm³/mol. The number of carbonyl (C=O) groups excluding carboxylic acids is 1. The number of H-pyrrole nitrogens is 1. The van der Waals surface area contributed by atoms with Gasteiger partial charge in [0.2, 0.25) is 0 Å². The standard InChI is InChI=1S/C20H27N5O2/c26-13-15-7-10-24(11-8-15)16-4-3-9-25(12-16)20(27)18-6-2-1-5-17(18)19-21-14-22-23-19/h1-2,5-6,14-16,26H,3-4,7-13H2,(H,21,22,23)/t16-/m1/s1. The molecule has 7 nitrogen and oxygen atoms in total. The van der Waals surface area contributed by atoms with E-state index < -0.39 is 0 Å². The lowest BCUT2D eigenvalue weighted by Gasteiger charge is -2.42. The first-order chi connectivity index (χ1) is 13.3. The Morgan fingerprint density at radius 2 is 2.00 bits per heavy atom. The summed E-state index contributed by atoms with van der Waals surface area (Å²) in [4.78, 5) is 22.0. The number of benzene rings is 1. The third kappa shape index (κ3) is 3.89. The van der Waals surface area contributed by atoms with Gasteiger partial charge >= 0.3 is 0 Å². The van der Waals surface area contributed by atoms with Crippen LogP contribution in [0, 0.1) is 5.92 Å². The minimum Gasteiger partial charge on any atom is -0.396 e.